The molecular weight excluding hydrogens is 160 g/mol. The molecule has 0 amide bonds. The average Bonchev–Trinajstić information content (AvgIpc) is 2.35. The molecule has 1 aliphatic rings. The van der Waals surface area contributed by atoms with Gasteiger partial charge in [-0.05, 0) is 36.1 Å². The highest BCUT2D eigenvalue weighted by Crippen LogP contribution is 2.30. The average molecular weight is 169 g/mol. The van der Waals surface area contributed by atoms with E-state index in [1.54, 1.807) is 0 Å². The van der Waals surface area contributed by atoms with Gasteiger partial charge in [-0.1, -0.05) is 0 Å². The minimum Gasteiger partial charge on any atom is -0.324 e. The van der Waals surface area contributed by atoms with Crippen LogP contribution in [-0.2, 0) is 6.42 Å². The van der Waals surface area contributed by atoms with Crippen molar-refractivity contribution >= 4 is 0 Å². The summed E-state index contributed by atoms with van der Waals surface area (Å²) in [5.41, 5.74) is 7.28. The lowest BCUT2D eigenvalue weighted by molar-refractivity contribution is 0.506. The van der Waals surface area contributed by atoms with Crippen LogP contribution in [0.1, 0.15) is 23.6 Å². The Morgan fingerprint density at radius 2 is 1.92 bits per heavy atom. The van der Waals surface area contributed by atoms with Crippen LogP contribution in [0.5, 0.6) is 0 Å². The molecule has 0 saturated carbocycles. The van der Waals surface area contributed by atoms with Crippen LogP contribution in [0.2, 0.25) is 0 Å². The van der Waals surface area contributed by atoms with Crippen molar-refractivity contribution in [3.8, 4) is 0 Å². The first kappa shape index (κ1) is 7.68. The van der Waals surface area contributed by atoms with Crippen molar-refractivity contribution in [1.29, 1.82) is 0 Å². The Hall–Kier alpha value is -0.960. The van der Waals surface area contributed by atoms with Gasteiger partial charge in [0.25, 0.3) is 0 Å². The lowest BCUT2D eigenvalue weighted by atomic mass is 10.1. The zero-order valence-electron chi connectivity index (χ0n) is 6.48. The van der Waals surface area contributed by atoms with Crippen molar-refractivity contribution in [2.75, 3.05) is 0 Å². The maximum absolute atomic E-state index is 12.7. The molecule has 2 rings (SSSR count). The summed E-state index contributed by atoms with van der Waals surface area (Å²) in [6.07, 6.45) is 1.55. The van der Waals surface area contributed by atoms with Crippen LogP contribution in [0.15, 0.2) is 12.1 Å². The number of hydrogen-bond donors (Lipinski definition) is 1. The number of benzene rings is 1. The minimum atomic E-state index is -0.800. The number of fused-ring (bicyclic) bond motifs is 1. The van der Waals surface area contributed by atoms with E-state index < -0.39 is 11.6 Å². The van der Waals surface area contributed by atoms with Gasteiger partial charge in [0.1, 0.15) is 0 Å². The molecule has 1 atom stereocenters. The Balaban J connectivity index is 2.56. The standard InChI is InChI=1S/C9H9F2N/c10-7-3-5-1-2-9(12)6(5)4-8(7)11/h3-4,9H,1-2,12H2/t9-/m0/s1. The van der Waals surface area contributed by atoms with Crippen molar-refractivity contribution in [2.24, 2.45) is 5.73 Å². The van der Waals surface area contributed by atoms with E-state index in [1.807, 2.05) is 0 Å². The van der Waals surface area contributed by atoms with E-state index in [0.717, 1.165) is 24.0 Å². The molecule has 0 saturated heterocycles. The summed E-state index contributed by atoms with van der Waals surface area (Å²) in [5.74, 6) is -1.58. The monoisotopic (exact) mass is 169 g/mol. The molecule has 0 radical (unpaired) electrons. The van der Waals surface area contributed by atoms with Crippen molar-refractivity contribution in [1.82, 2.24) is 0 Å². The van der Waals surface area contributed by atoms with Gasteiger partial charge in [0.15, 0.2) is 11.6 Å². The first-order chi connectivity index (χ1) is 5.68. The maximum Gasteiger partial charge on any atom is 0.159 e. The largest absolute Gasteiger partial charge is 0.324 e. The topological polar surface area (TPSA) is 26.0 Å². The first-order valence-electron chi connectivity index (χ1n) is 3.92. The van der Waals surface area contributed by atoms with Gasteiger partial charge in [-0.3, -0.25) is 0 Å². The zero-order chi connectivity index (χ0) is 8.72. The SMILES string of the molecule is N[C@H]1CCc2cc(F)c(F)cc21. The second kappa shape index (κ2) is 2.52. The van der Waals surface area contributed by atoms with E-state index in [0.29, 0.717) is 0 Å². The molecule has 0 aliphatic heterocycles. The predicted molar refractivity (Wildman–Crippen MR) is 41.6 cm³/mol. The number of aryl methyl sites for hydroxylation is 1. The molecule has 64 valence electrons. The normalized spacial score (nSPS) is 21.1. The fraction of sp³-hybridized carbons (Fsp3) is 0.333. The third-order valence-corrected chi connectivity index (χ3v) is 2.31. The van der Waals surface area contributed by atoms with Crippen LogP contribution in [-0.4, -0.2) is 0 Å². The van der Waals surface area contributed by atoms with Gasteiger partial charge >= 0.3 is 0 Å². The highest BCUT2D eigenvalue weighted by atomic mass is 19.2. The Labute approximate surface area is 69.2 Å². The van der Waals surface area contributed by atoms with E-state index in [4.69, 9.17) is 5.73 Å². The lowest BCUT2D eigenvalue weighted by Gasteiger charge is -2.04. The summed E-state index contributed by atoms with van der Waals surface area (Å²) in [4.78, 5) is 0. The van der Waals surface area contributed by atoms with Crippen molar-refractivity contribution in [3.05, 3.63) is 34.9 Å². The smallest absolute Gasteiger partial charge is 0.159 e. The molecule has 0 spiro atoms. The molecule has 3 heteroatoms. The van der Waals surface area contributed by atoms with Gasteiger partial charge in [-0.15, -0.1) is 0 Å². The zero-order valence-corrected chi connectivity index (χ0v) is 6.48. The van der Waals surface area contributed by atoms with Crippen LogP contribution >= 0.6 is 0 Å². The summed E-state index contributed by atoms with van der Waals surface area (Å²) in [5, 5.41) is 0. The summed E-state index contributed by atoms with van der Waals surface area (Å²) in [6.45, 7) is 0. The molecule has 1 aromatic carbocycles. The van der Waals surface area contributed by atoms with Crippen LogP contribution < -0.4 is 5.73 Å². The van der Waals surface area contributed by atoms with Crippen LogP contribution in [0.3, 0.4) is 0 Å². The highest BCUT2D eigenvalue weighted by molar-refractivity contribution is 5.35. The quantitative estimate of drug-likeness (QED) is 0.630. The minimum absolute atomic E-state index is 0.116. The molecule has 0 fully saturated rings. The Morgan fingerprint density at radius 3 is 2.67 bits per heavy atom. The first-order valence-corrected chi connectivity index (χ1v) is 3.92. The van der Waals surface area contributed by atoms with Gasteiger partial charge < -0.3 is 5.73 Å². The summed E-state index contributed by atoms with van der Waals surface area (Å²) in [7, 11) is 0. The van der Waals surface area contributed by atoms with Gasteiger partial charge in [-0.2, -0.15) is 0 Å². The fourth-order valence-corrected chi connectivity index (χ4v) is 1.63. The van der Waals surface area contributed by atoms with E-state index >= 15 is 0 Å². The number of hydrogen-bond acceptors (Lipinski definition) is 1. The molecule has 0 unspecified atom stereocenters. The maximum atomic E-state index is 12.7. The van der Waals surface area contributed by atoms with Crippen LogP contribution in [0.25, 0.3) is 0 Å². The number of rotatable bonds is 0. The molecule has 1 aromatic rings. The number of nitrogens with two attached hydrogens (primary N) is 1. The molecular formula is C9H9F2N. The second-order valence-corrected chi connectivity index (χ2v) is 3.11. The van der Waals surface area contributed by atoms with E-state index in [-0.39, 0.29) is 6.04 Å². The molecule has 12 heavy (non-hydrogen) atoms. The van der Waals surface area contributed by atoms with Gasteiger partial charge in [-0.25, -0.2) is 8.78 Å². The molecule has 0 bridgehead atoms. The van der Waals surface area contributed by atoms with Gasteiger partial charge in [0, 0.05) is 6.04 Å². The summed E-state index contributed by atoms with van der Waals surface area (Å²) >= 11 is 0. The van der Waals surface area contributed by atoms with Gasteiger partial charge in [0.05, 0.1) is 0 Å². The Morgan fingerprint density at radius 1 is 1.25 bits per heavy atom. The number of halogens is 2. The van der Waals surface area contributed by atoms with Crippen LogP contribution in [0.4, 0.5) is 8.78 Å². The Kier molecular flexibility index (Phi) is 1.61. The Bertz CT molecular complexity index is 323. The van der Waals surface area contributed by atoms with Gasteiger partial charge in [0.2, 0.25) is 0 Å². The van der Waals surface area contributed by atoms with E-state index in [1.165, 1.54) is 12.1 Å². The molecule has 0 aromatic heterocycles. The summed E-state index contributed by atoms with van der Waals surface area (Å²) in [6, 6.07) is 2.34. The van der Waals surface area contributed by atoms with Crippen LogP contribution in [0, 0.1) is 11.6 Å². The molecule has 2 N–H and O–H groups in total. The second-order valence-electron chi connectivity index (χ2n) is 3.11. The van der Waals surface area contributed by atoms with Crippen molar-refractivity contribution in [2.45, 2.75) is 18.9 Å². The predicted octanol–water partition coefficient (Wildman–Crippen LogP) is 1.91. The molecule has 1 nitrogen and oxygen atoms in total. The van der Waals surface area contributed by atoms with E-state index in [2.05, 4.69) is 0 Å². The molecule has 1 aliphatic carbocycles. The van der Waals surface area contributed by atoms with Crippen molar-refractivity contribution < 1.29 is 8.78 Å². The van der Waals surface area contributed by atoms with E-state index in [9.17, 15) is 8.78 Å². The third kappa shape index (κ3) is 1.01. The lowest BCUT2D eigenvalue weighted by Crippen LogP contribution is -2.05. The fourth-order valence-electron chi connectivity index (χ4n) is 1.63. The highest BCUT2D eigenvalue weighted by Gasteiger charge is 2.21. The third-order valence-electron chi connectivity index (χ3n) is 2.31. The van der Waals surface area contributed by atoms with Crippen molar-refractivity contribution in [3.63, 3.8) is 0 Å². The molecule has 0 heterocycles. The summed E-state index contributed by atoms with van der Waals surface area (Å²) < 4.78 is 25.4.